The fourth-order valence-electron chi connectivity index (χ4n) is 10.9. The number of esters is 1. The van der Waals surface area contributed by atoms with E-state index in [4.69, 9.17) is 9.47 Å². The summed E-state index contributed by atoms with van der Waals surface area (Å²) in [6.45, 7) is 18.7. The van der Waals surface area contributed by atoms with Gasteiger partial charge in [0.05, 0.1) is 30.3 Å². The molecule has 15 atom stereocenters. The third-order valence-corrected chi connectivity index (χ3v) is 16.3. The number of nitrogens with zero attached hydrogens (tertiary/aromatic N) is 1. The molecular weight excluding hydrogens is 983 g/mol. The molecule has 1 spiro atoms. The number of phenolic OH excluding ortho intramolecular Hbond substituents is 1. The molecule has 17 heteroatoms. The van der Waals surface area contributed by atoms with E-state index in [1.165, 1.54) is 24.1 Å². The van der Waals surface area contributed by atoms with Crippen molar-refractivity contribution in [1.29, 1.82) is 0 Å². The minimum Gasteiger partial charge on any atom is -0.508 e. The quantitative estimate of drug-likeness (QED) is 0.0542. The minimum atomic E-state index is -1.43. The summed E-state index contributed by atoms with van der Waals surface area (Å²) in [5.41, 5.74) is 4.26. The number of ether oxygens (including phenoxy) is 2. The second-order valence-electron chi connectivity index (χ2n) is 22.6. The number of para-hydroxylation sites is 1. The maximum atomic E-state index is 14.5. The molecule has 4 aliphatic heterocycles. The minimum absolute atomic E-state index is 0.00792. The smallest absolute Gasteiger partial charge is 0.325 e. The molecule has 2 bridgehead atoms. The number of aliphatic hydroxyl groups is 3. The van der Waals surface area contributed by atoms with E-state index in [1.54, 1.807) is 57.2 Å². The molecule has 0 saturated carbocycles. The van der Waals surface area contributed by atoms with Gasteiger partial charge in [-0.3, -0.25) is 29.0 Å². The van der Waals surface area contributed by atoms with Crippen LogP contribution in [-0.4, -0.2) is 122 Å². The molecule has 15 unspecified atom stereocenters. The number of nitrogens with one attached hydrogen (secondary N) is 4. The number of ketones is 1. The van der Waals surface area contributed by atoms with E-state index >= 15 is 0 Å². The van der Waals surface area contributed by atoms with Crippen molar-refractivity contribution in [3.8, 4) is 5.75 Å². The van der Waals surface area contributed by atoms with Crippen molar-refractivity contribution in [2.45, 2.75) is 194 Å². The Hall–Kier alpha value is -5.46. The molecule has 8 N–H and O–H groups in total. The summed E-state index contributed by atoms with van der Waals surface area (Å²) < 4.78 is 13.0. The maximum absolute atomic E-state index is 14.5. The maximum Gasteiger partial charge on any atom is 0.325 e. The molecule has 5 rings (SSSR count). The fraction of sp³-hybridized carbons (Fsp3) is 0.633. The second-order valence-corrected chi connectivity index (χ2v) is 22.6. The van der Waals surface area contributed by atoms with Crippen LogP contribution in [0.3, 0.4) is 0 Å². The van der Waals surface area contributed by atoms with Gasteiger partial charge in [0.25, 0.3) is 5.91 Å². The molecule has 2 saturated heterocycles. The predicted octanol–water partition coefficient (Wildman–Crippen LogP) is 6.36. The number of carbonyl (C=O) groups excluding carboxylic acids is 6. The number of rotatable bonds is 15. The van der Waals surface area contributed by atoms with Crippen molar-refractivity contribution >= 4 is 35.4 Å². The van der Waals surface area contributed by atoms with Crippen molar-refractivity contribution in [2.75, 3.05) is 6.54 Å². The van der Waals surface area contributed by atoms with Crippen LogP contribution in [0.4, 0.5) is 0 Å². The van der Waals surface area contributed by atoms with E-state index in [-0.39, 0.29) is 79.4 Å². The van der Waals surface area contributed by atoms with Crippen LogP contribution in [0.2, 0.25) is 0 Å². The molecular formula is C60H89N5O12. The SMILES string of the molecule is CCC1CC(C)C2(NC1=O)OC(CC(O)C(C)CCC=CC=C(C)C1CC=CC=CC(O)C(C)C(O)C(CCC(C)=O)C(=O)NC(C(C)C)C(=O)NC(Cc3ccccc3O)C(=O)N3CCCC(N3)C(=O)O1)C(C)C=C2C. The summed E-state index contributed by atoms with van der Waals surface area (Å²) in [5.74, 6) is -5.44. The number of piperidine rings is 1. The van der Waals surface area contributed by atoms with Crippen LogP contribution in [0.15, 0.2) is 84.0 Å². The van der Waals surface area contributed by atoms with Crippen LogP contribution in [0.5, 0.6) is 5.75 Å². The van der Waals surface area contributed by atoms with Gasteiger partial charge in [0, 0.05) is 55.9 Å². The number of cyclic esters (lactones) is 1. The Balaban J connectivity index is 1.35. The van der Waals surface area contributed by atoms with Gasteiger partial charge in [-0.05, 0) is 100 Å². The Labute approximate surface area is 456 Å². The Morgan fingerprint density at radius 1 is 0.987 bits per heavy atom. The van der Waals surface area contributed by atoms with Gasteiger partial charge in [-0.15, -0.1) is 0 Å². The van der Waals surface area contributed by atoms with Gasteiger partial charge in [0.1, 0.15) is 35.8 Å². The van der Waals surface area contributed by atoms with Crippen LogP contribution in [0, 0.1) is 41.4 Å². The number of fused-ring (bicyclic) bond motifs is 2. The first kappa shape index (κ1) is 62.4. The topological polar surface area (TPSA) is 253 Å². The number of Topliss-reactive ketones (excluding diaryl/α,β-unsaturated/α-hetero) is 1. The van der Waals surface area contributed by atoms with Crippen molar-refractivity contribution in [1.82, 2.24) is 26.4 Å². The largest absolute Gasteiger partial charge is 0.508 e. The zero-order valence-corrected chi connectivity index (χ0v) is 47.1. The zero-order valence-electron chi connectivity index (χ0n) is 47.1. The van der Waals surface area contributed by atoms with E-state index in [0.29, 0.717) is 37.7 Å². The number of hydrazine groups is 1. The van der Waals surface area contributed by atoms with E-state index in [0.717, 1.165) is 24.0 Å². The lowest BCUT2D eigenvalue weighted by Gasteiger charge is -2.51. The second kappa shape index (κ2) is 29.0. The summed E-state index contributed by atoms with van der Waals surface area (Å²) in [4.78, 5) is 82.1. The predicted molar refractivity (Wildman–Crippen MR) is 294 cm³/mol. The molecule has 1 aromatic rings. The molecule has 77 heavy (non-hydrogen) atoms. The molecule has 17 nitrogen and oxygen atoms in total. The molecule has 426 valence electrons. The number of carbonyl (C=O) groups is 6. The van der Waals surface area contributed by atoms with Gasteiger partial charge < -0.3 is 50.6 Å². The van der Waals surface area contributed by atoms with Gasteiger partial charge in [0.15, 0.2) is 5.72 Å². The van der Waals surface area contributed by atoms with Crippen molar-refractivity contribution in [3.63, 3.8) is 0 Å². The molecule has 4 amide bonds. The molecule has 0 aromatic heterocycles. The zero-order chi connectivity index (χ0) is 56.7. The van der Waals surface area contributed by atoms with E-state index in [9.17, 15) is 49.2 Å². The van der Waals surface area contributed by atoms with Crippen LogP contribution in [-0.2, 0) is 44.7 Å². The Morgan fingerprint density at radius 2 is 1.71 bits per heavy atom. The van der Waals surface area contributed by atoms with Gasteiger partial charge in [0.2, 0.25) is 17.7 Å². The summed E-state index contributed by atoms with van der Waals surface area (Å²) >= 11 is 0. The highest BCUT2D eigenvalue weighted by atomic mass is 16.5. The number of hydrogen-bond acceptors (Lipinski definition) is 13. The third-order valence-electron chi connectivity index (χ3n) is 16.3. The van der Waals surface area contributed by atoms with Crippen LogP contribution >= 0.6 is 0 Å². The van der Waals surface area contributed by atoms with Gasteiger partial charge in [-0.1, -0.05) is 115 Å². The number of amides is 4. The normalized spacial score (nSPS) is 32.4. The van der Waals surface area contributed by atoms with E-state index in [1.807, 2.05) is 45.9 Å². The molecule has 4 aliphatic rings. The molecule has 4 heterocycles. The van der Waals surface area contributed by atoms with Gasteiger partial charge in [-0.25, -0.2) is 5.43 Å². The lowest BCUT2D eigenvalue weighted by atomic mass is 9.75. The number of allylic oxidation sites excluding steroid dienone is 5. The molecule has 0 radical (unpaired) electrons. The van der Waals surface area contributed by atoms with Crippen molar-refractivity contribution in [2.24, 2.45) is 41.4 Å². The fourth-order valence-corrected chi connectivity index (χ4v) is 10.9. The third kappa shape index (κ3) is 16.8. The highest BCUT2D eigenvalue weighted by molar-refractivity contribution is 5.93. The lowest BCUT2D eigenvalue weighted by Crippen LogP contribution is -2.64. The van der Waals surface area contributed by atoms with Crippen molar-refractivity contribution in [3.05, 3.63) is 89.6 Å². The van der Waals surface area contributed by atoms with Crippen molar-refractivity contribution < 1.29 is 58.7 Å². The highest BCUT2D eigenvalue weighted by Crippen LogP contribution is 2.43. The summed E-state index contributed by atoms with van der Waals surface area (Å²) in [6.07, 6.45) is 14.2. The van der Waals surface area contributed by atoms with E-state index in [2.05, 4.69) is 41.3 Å². The average Bonchev–Trinajstić information content (AvgIpc) is 3.39. The molecule has 0 aliphatic carbocycles. The van der Waals surface area contributed by atoms with Gasteiger partial charge in [-0.2, -0.15) is 0 Å². The Kier molecular flexibility index (Phi) is 23.5. The number of phenols is 1. The monoisotopic (exact) mass is 1070 g/mol. The first-order valence-electron chi connectivity index (χ1n) is 28.0. The summed E-state index contributed by atoms with van der Waals surface area (Å²) in [5, 5.41) is 55.1. The van der Waals surface area contributed by atoms with E-state index < -0.39 is 89.7 Å². The standard InChI is InChI=1S/C60H89N5O12/c1-11-43-32-40(8)60(63-55(43)71)39(7)31-38(6)52(77-60)34-50(69)36(4)21-14-12-15-22-37(5)51-27-17-13-16-25-48(67)42(10)54(70)45(29-28-41(9)66)56(72)62-53(35(2)3)57(73)61-47(33-44-23-18-19-26-49(44)68)58(74)65-30-20-24-46(64-65)59(75)76-51/h12-13,15-19,22-23,25-26,31,35-36,38,40,42-43,45-48,50-54,64,67-70H,11,14,20-21,24,27-30,32-34H2,1-10H3,(H,61,73)(H,62,72)(H,63,71). The van der Waals surface area contributed by atoms with Crippen LogP contribution in [0.25, 0.3) is 0 Å². The van der Waals surface area contributed by atoms with Crippen LogP contribution in [0.1, 0.15) is 139 Å². The summed E-state index contributed by atoms with van der Waals surface area (Å²) in [7, 11) is 0. The lowest BCUT2D eigenvalue weighted by molar-refractivity contribution is -0.179. The Bertz CT molecular complexity index is 2360. The highest BCUT2D eigenvalue weighted by Gasteiger charge is 2.51. The number of aromatic hydroxyl groups is 1. The molecule has 1 aromatic carbocycles. The number of hydrogen-bond donors (Lipinski definition) is 8. The average molecular weight is 1070 g/mol. The Morgan fingerprint density at radius 3 is 2.40 bits per heavy atom. The summed E-state index contributed by atoms with van der Waals surface area (Å²) in [6, 6.07) is 3.01. The number of benzene rings is 1. The first-order chi connectivity index (χ1) is 36.5. The first-order valence-corrected chi connectivity index (χ1v) is 28.0. The molecule has 2 fully saturated rings. The van der Waals surface area contributed by atoms with Crippen LogP contribution < -0.4 is 21.4 Å². The number of aliphatic hydroxyl groups excluding tert-OH is 3. The van der Waals surface area contributed by atoms with Gasteiger partial charge >= 0.3 is 5.97 Å².